The number of hydrogen-bond acceptors (Lipinski definition) is 5. The second-order valence-electron chi connectivity index (χ2n) is 7.53. The Morgan fingerprint density at radius 2 is 1.15 bits per heavy atom. The maximum atomic E-state index is 6.20. The first-order valence-corrected chi connectivity index (χ1v) is 10.6. The lowest BCUT2D eigenvalue weighted by Gasteiger charge is -2.30. The van der Waals surface area contributed by atoms with Crippen LogP contribution in [0.25, 0.3) is 0 Å². The molecule has 0 saturated heterocycles. The van der Waals surface area contributed by atoms with E-state index in [0.717, 1.165) is 24.6 Å². The molecular weight excluding hydrogens is 340 g/mol. The highest BCUT2D eigenvalue weighted by Gasteiger charge is 2.22. The fourth-order valence-corrected chi connectivity index (χ4v) is 3.19. The van der Waals surface area contributed by atoms with Crippen molar-refractivity contribution in [2.75, 3.05) is 40.4 Å². The molecule has 2 aliphatic rings. The average molecular weight is 379 g/mol. The molecule has 2 unspecified atom stereocenters. The molecular formula is C22H38N2O3. The lowest BCUT2D eigenvalue weighted by Crippen LogP contribution is -2.44. The fraction of sp³-hybridized carbons (Fsp3) is 0.727. The molecule has 5 heteroatoms. The van der Waals surface area contributed by atoms with E-state index in [1.165, 1.54) is 38.5 Å². The van der Waals surface area contributed by atoms with E-state index in [1.807, 2.05) is 24.3 Å². The summed E-state index contributed by atoms with van der Waals surface area (Å²) in [4.78, 5) is 4.50. The SMILES string of the molecule is CCCCCN(C)C1COCC(N(C)CCCCC)Oc2ccc(cc2)O1. The molecule has 3 rings (SSSR count). The standard InChI is InChI=1S/C22H38N2O3/c1-5-7-9-15-23(3)21-17-25-18-22(24(4)16-10-8-6-2)27-20-13-11-19(26-21)12-14-20/h11-14,21-22H,5-10,15-18H2,1-4H3. The summed E-state index contributed by atoms with van der Waals surface area (Å²) in [6, 6.07) is 7.95. The van der Waals surface area contributed by atoms with Gasteiger partial charge in [0.25, 0.3) is 0 Å². The van der Waals surface area contributed by atoms with Crippen molar-refractivity contribution in [1.29, 1.82) is 0 Å². The fourth-order valence-electron chi connectivity index (χ4n) is 3.19. The largest absolute Gasteiger partial charge is 0.473 e. The molecule has 154 valence electrons. The van der Waals surface area contributed by atoms with Crippen LogP contribution in [-0.4, -0.2) is 62.7 Å². The minimum atomic E-state index is -0.0862. The Kier molecular flexibility index (Phi) is 9.95. The second kappa shape index (κ2) is 12.2. The number of rotatable bonds is 10. The van der Waals surface area contributed by atoms with Gasteiger partial charge in [-0.05, 0) is 51.2 Å². The molecule has 0 spiro atoms. The van der Waals surface area contributed by atoms with E-state index >= 15 is 0 Å². The molecule has 0 radical (unpaired) electrons. The van der Waals surface area contributed by atoms with Gasteiger partial charge in [0.15, 0.2) is 12.5 Å². The molecule has 2 bridgehead atoms. The van der Waals surface area contributed by atoms with Gasteiger partial charge in [0.1, 0.15) is 11.5 Å². The third kappa shape index (κ3) is 7.68. The Hall–Kier alpha value is -1.30. The average Bonchev–Trinajstić information content (AvgIpc) is 2.74. The van der Waals surface area contributed by atoms with Crippen LogP contribution in [0.15, 0.2) is 24.3 Å². The zero-order valence-corrected chi connectivity index (χ0v) is 17.7. The van der Waals surface area contributed by atoms with Crippen molar-refractivity contribution >= 4 is 0 Å². The predicted octanol–water partition coefficient (Wildman–Crippen LogP) is 4.37. The van der Waals surface area contributed by atoms with Crippen LogP contribution >= 0.6 is 0 Å². The van der Waals surface area contributed by atoms with E-state index in [0.29, 0.717) is 13.2 Å². The molecule has 27 heavy (non-hydrogen) atoms. The summed E-state index contributed by atoms with van der Waals surface area (Å²) in [6.45, 7) is 7.54. The van der Waals surface area contributed by atoms with E-state index in [1.54, 1.807) is 0 Å². The molecule has 0 fully saturated rings. The molecule has 0 amide bonds. The molecule has 0 aromatic heterocycles. The highest BCUT2D eigenvalue weighted by atomic mass is 16.6. The van der Waals surface area contributed by atoms with E-state index < -0.39 is 0 Å². The Labute approximate surface area is 165 Å². The molecule has 5 nitrogen and oxygen atoms in total. The summed E-state index contributed by atoms with van der Waals surface area (Å²) in [6.07, 6.45) is 7.11. The minimum absolute atomic E-state index is 0.0862. The van der Waals surface area contributed by atoms with Crippen molar-refractivity contribution in [2.45, 2.75) is 64.8 Å². The summed E-state index contributed by atoms with van der Waals surface area (Å²) < 4.78 is 18.5. The van der Waals surface area contributed by atoms with Crippen LogP contribution in [0.2, 0.25) is 0 Å². The van der Waals surface area contributed by atoms with Crippen molar-refractivity contribution in [2.24, 2.45) is 0 Å². The van der Waals surface area contributed by atoms with Crippen LogP contribution < -0.4 is 9.47 Å². The van der Waals surface area contributed by atoms with Gasteiger partial charge in [0, 0.05) is 13.1 Å². The Balaban J connectivity index is 2.01. The summed E-state index contributed by atoms with van der Waals surface area (Å²) in [7, 11) is 4.23. The zero-order chi connectivity index (χ0) is 19.5. The maximum absolute atomic E-state index is 6.20. The smallest absolute Gasteiger partial charge is 0.175 e. The Morgan fingerprint density at radius 3 is 1.52 bits per heavy atom. The van der Waals surface area contributed by atoms with Crippen molar-refractivity contribution < 1.29 is 14.2 Å². The van der Waals surface area contributed by atoms with Crippen molar-refractivity contribution in [3.8, 4) is 11.5 Å². The maximum Gasteiger partial charge on any atom is 0.175 e. The molecule has 2 atom stereocenters. The van der Waals surface area contributed by atoms with Gasteiger partial charge in [-0.15, -0.1) is 0 Å². The first-order valence-electron chi connectivity index (χ1n) is 10.6. The number of likely N-dealkylation sites (N-methyl/N-ethyl adjacent to an activating group) is 2. The predicted molar refractivity (Wildman–Crippen MR) is 110 cm³/mol. The van der Waals surface area contributed by atoms with Gasteiger partial charge in [0.2, 0.25) is 0 Å². The summed E-state index contributed by atoms with van der Waals surface area (Å²) in [5, 5.41) is 0. The van der Waals surface area contributed by atoms with Crippen molar-refractivity contribution in [3.05, 3.63) is 24.3 Å². The third-order valence-corrected chi connectivity index (χ3v) is 5.10. The topological polar surface area (TPSA) is 34.2 Å². The Morgan fingerprint density at radius 1 is 0.741 bits per heavy atom. The number of nitrogens with zero attached hydrogens (tertiary/aromatic N) is 2. The summed E-state index contributed by atoms with van der Waals surface area (Å²) in [5.74, 6) is 1.71. The van der Waals surface area contributed by atoms with Crippen molar-refractivity contribution in [3.63, 3.8) is 0 Å². The first kappa shape index (κ1) is 22.0. The first-order chi connectivity index (χ1) is 13.1. The van der Waals surface area contributed by atoms with Gasteiger partial charge in [-0.2, -0.15) is 0 Å². The van der Waals surface area contributed by atoms with Crippen molar-refractivity contribution in [1.82, 2.24) is 9.80 Å². The molecule has 0 saturated carbocycles. The van der Waals surface area contributed by atoms with Gasteiger partial charge in [0.05, 0.1) is 13.2 Å². The summed E-state index contributed by atoms with van der Waals surface area (Å²) in [5.41, 5.74) is 0. The lowest BCUT2D eigenvalue weighted by molar-refractivity contribution is -0.0741. The van der Waals surface area contributed by atoms with Crippen LogP contribution in [0, 0.1) is 0 Å². The van der Waals surface area contributed by atoms with Crippen LogP contribution in [0.3, 0.4) is 0 Å². The molecule has 1 aromatic rings. The van der Waals surface area contributed by atoms with E-state index in [9.17, 15) is 0 Å². The highest BCUT2D eigenvalue weighted by Crippen LogP contribution is 2.22. The van der Waals surface area contributed by atoms with E-state index in [4.69, 9.17) is 14.2 Å². The number of ether oxygens (including phenoxy) is 3. The monoisotopic (exact) mass is 378 g/mol. The number of fused-ring (bicyclic) bond motifs is 8. The highest BCUT2D eigenvalue weighted by molar-refractivity contribution is 5.31. The van der Waals surface area contributed by atoms with Gasteiger partial charge >= 0.3 is 0 Å². The molecule has 2 aliphatic heterocycles. The van der Waals surface area contributed by atoms with Gasteiger partial charge in [-0.1, -0.05) is 39.5 Å². The van der Waals surface area contributed by atoms with Crippen LogP contribution in [0.4, 0.5) is 0 Å². The quantitative estimate of drug-likeness (QED) is 0.446. The molecule has 2 heterocycles. The molecule has 1 aromatic carbocycles. The van der Waals surface area contributed by atoms with E-state index in [2.05, 4.69) is 37.7 Å². The minimum Gasteiger partial charge on any atom is -0.473 e. The third-order valence-electron chi connectivity index (χ3n) is 5.10. The van der Waals surface area contributed by atoms with Gasteiger partial charge in [-0.3, -0.25) is 9.80 Å². The normalized spacial score (nSPS) is 20.4. The zero-order valence-electron chi connectivity index (χ0n) is 17.7. The van der Waals surface area contributed by atoms with Crippen LogP contribution in [0.1, 0.15) is 52.4 Å². The van der Waals surface area contributed by atoms with Crippen LogP contribution in [-0.2, 0) is 4.74 Å². The number of benzene rings is 1. The Bertz CT molecular complexity index is 464. The lowest BCUT2D eigenvalue weighted by atomic mass is 10.2. The number of unbranched alkanes of at least 4 members (excludes halogenated alkanes) is 4. The van der Waals surface area contributed by atoms with Crippen LogP contribution in [0.5, 0.6) is 11.5 Å². The van der Waals surface area contributed by atoms with Gasteiger partial charge in [-0.25, -0.2) is 0 Å². The van der Waals surface area contributed by atoms with E-state index in [-0.39, 0.29) is 12.5 Å². The summed E-state index contributed by atoms with van der Waals surface area (Å²) >= 11 is 0. The molecule has 0 aliphatic carbocycles. The molecule has 0 N–H and O–H groups in total. The van der Waals surface area contributed by atoms with Gasteiger partial charge < -0.3 is 14.2 Å². The number of hydrogen-bond donors (Lipinski definition) is 0. The second-order valence-corrected chi connectivity index (χ2v) is 7.53.